The molecule has 0 saturated heterocycles. The molecule has 0 aromatic heterocycles. The molecule has 0 spiro atoms. The molecule has 0 aromatic carbocycles. The first-order valence-corrected chi connectivity index (χ1v) is 5.25. The van der Waals surface area contributed by atoms with E-state index >= 15 is 0 Å². The van der Waals surface area contributed by atoms with Crippen LogP contribution in [0.15, 0.2) is 0 Å². The van der Waals surface area contributed by atoms with E-state index in [-0.39, 0.29) is 0 Å². The Kier molecular flexibility index (Phi) is 4.69. The van der Waals surface area contributed by atoms with Crippen molar-refractivity contribution in [1.82, 2.24) is 4.72 Å². The van der Waals surface area contributed by atoms with Gasteiger partial charge < -0.3 is 10.2 Å². The van der Waals surface area contributed by atoms with Crippen LogP contribution in [0.1, 0.15) is 6.42 Å². The Hall–Kier alpha value is -1.66. The van der Waals surface area contributed by atoms with E-state index in [4.69, 9.17) is 15.5 Å². The number of carboxylic acid groups (broad SMARTS) is 2. The highest BCUT2D eigenvalue weighted by Gasteiger charge is 2.26. The van der Waals surface area contributed by atoms with Gasteiger partial charge in [0, 0.05) is 0 Å². The number of aliphatic carboxylic acids is 2. The van der Waals surface area contributed by atoms with E-state index in [1.807, 2.05) is 0 Å². The lowest BCUT2D eigenvalue weighted by Crippen LogP contribution is -2.42. The molecule has 0 bridgehead atoms. The molecule has 0 aromatic rings. The number of nitriles is 1. The van der Waals surface area contributed by atoms with E-state index in [2.05, 4.69) is 0 Å². The maximum absolute atomic E-state index is 10.9. The number of carbonyl (C=O) groups is 2. The van der Waals surface area contributed by atoms with Crippen molar-refractivity contribution in [3.05, 3.63) is 0 Å². The van der Waals surface area contributed by atoms with Gasteiger partial charge in [0.25, 0.3) is 0 Å². The Labute approximate surface area is 85.2 Å². The third-order valence-electron chi connectivity index (χ3n) is 1.25. The summed E-state index contributed by atoms with van der Waals surface area (Å²) in [6, 6.07) is -0.448. The number of nitrogens with zero attached hydrogens (tertiary/aromatic N) is 1. The average molecular weight is 236 g/mol. The van der Waals surface area contributed by atoms with Crippen LogP contribution in [0.5, 0.6) is 0 Å². The molecule has 0 radical (unpaired) electrons. The number of sulfonamides is 1. The van der Waals surface area contributed by atoms with E-state index in [1.54, 1.807) is 4.72 Å². The van der Waals surface area contributed by atoms with E-state index in [0.717, 1.165) is 0 Å². The standard InChI is InChI=1S/C6H8N2O6S/c7-1-2-15(13,14)8-4(6(11)12)3-5(9)10/h4,8H,2-3H2,(H,9,10)(H,11,12)/t4-/m0/s1. The van der Waals surface area contributed by atoms with Crippen LogP contribution in [0.2, 0.25) is 0 Å². The Bertz CT molecular complexity index is 394. The molecule has 0 unspecified atom stereocenters. The Morgan fingerprint density at radius 1 is 1.40 bits per heavy atom. The van der Waals surface area contributed by atoms with Gasteiger partial charge in [-0.15, -0.1) is 0 Å². The van der Waals surface area contributed by atoms with E-state index in [1.165, 1.54) is 6.07 Å². The second-order valence-electron chi connectivity index (χ2n) is 2.52. The highest BCUT2D eigenvalue weighted by atomic mass is 32.2. The van der Waals surface area contributed by atoms with Crippen molar-refractivity contribution < 1.29 is 28.2 Å². The topological polar surface area (TPSA) is 145 Å². The van der Waals surface area contributed by atoms with Crippen LogP contribution in [-0.4, -0.2) is 42.4 Å². The number of hydrogen-bond acceptors (Lipinski definition) is 5. The third kappa shape index (κ3) is 5.61. The quantitative estimate of drug-likeness (QED) is 0.501. The summed E-state index contributed by atoms with van der Waals surface area (Å²) in [6.07, 6.45) is -0.889. The van der Waals surface area contributed by atoms with Gasteiger partial charge in [-0.2, -0.15) is 9.98 Å². The first-order chi connectivity index (χ1) is 6.78. The molecule has 1 atom stereocenters. The minimum absolute atomic E-state index is 0.889. The molecule has 0 heterocycles. The smallest absolute Gasteiger partial charge is 0.322 e. The maximum atomic E-state index is 10.9. The van der Waals surface area contributed by atoms with Crippen molar-refractivity contribution in [2.24, 2.45) is 0 Å². The zero-order valence-corrected chi connectivity index (χ0v) is 8.19. The fourth-order valence-electron chi connectivity index (χ4n) is 0.697. The number of nitrogens with one attached hydrogen (secondary N) is 1. The predicted molar refractivity (Wildman–Crippen MR) is 46.2 cm³/mol. The highest BCUT2D eigenvalue weighted by molar-refractivity contribution is 7.89. The van der Waals surface area contributed by atoms with E-state index < -0.39 is 40.2 Å². The van der Waals surface area contributed by atoms with E-state index in [0.29, 0.717) is 0 Å². The molecule has 9 heteroatoms. The van der Waals surface area contributed by atoms with Crippen LogP contribution in [0.3, 0.4) is 0 Å². The summed E-state index contributed by atoms with van der Waals surface area (Å²) in [5.74, 6) is -3.99. The highest BCUT2D eigenvalue weighted by Crippen LogP contribution is 1.96. The van der Waals surface area contributed by atoms with Gasteiger partial charge in [0.15, 0.2) is 5.75 Å². The molecule has 0 aliphatic carbocycles. The minimum atomic E-state index is -4.08. The molecule has 0 aliphatic heterocycles. The molecule has 0 rings (SSSR count). The Balaban J connectivity index is 4.64. The first-order valence-electron chi connectivity index (χ1n) is 3.60. The van der Waals surface area contributed by atoms with Crippen molar-refractivity contribution in [3.63, 3.8) is 0 Å². The lowest BCUT2D eigenvalue weighted by Gasteiger charge is -2.10. The van der Waals surface area contributed by atoms with Gasteiger partial charge in [-0.25, -0.2) is 8.42 Å². The monoisotopic (exact) mass is 236 g/mol. The van der Waals surface area contributed by atoms with Gasteiger partial charge in [-0.05, 0) is 0 Å². The van der Waals surface area contributed by atoms with Crippen LogP contribution in [0.25, 0.3) is 0 Å². The van der Waals surface area contributed by atoms with Gasteiger partial charge >= 0.3 is 11.9 Å². The molecule has 15 heavy (non-hydrogen) atoms. The zero-order chi connectivity index (χ0) is 12.1. The van der Waals surface area contributed by atoms with E-state index in [9.17, 15) is 18.0 Å². The van der Waals surface area contributed by atoms with Crippen LogP contribution in [-0.2, 0) is 19.6 Å². The lowest BCUT2D eigenvalue weighted by atomic mass is 10.2. The summed E-state index contributed by atoms with van der Waals surface area (Å²) in [4.78, 5) is 20.6. The molecule has 0 aliphatic rings. The fraction of sp³-hybridized carbons (Fsp3) is 0.500. The molecule has 0 saturated carbocycles. The SMILES string of the molecule is N#CCS(=O)(=O)N[C@@H](CC(=O)O)C(=O)O. The number of rotatable bonds is 6. The summed E-state index contributed by atoms with van der Waals surface area (Å²) >= 11 is 0. The molecule has 84 valence electrons. The van der Waals surface area contributed by atoms with Crippen molar-refractivity contribution in [2.45, 2.75) is 12.5 Å². The van der Waals surface area contributed by atoms with Gasteiger partial charge in [-0.3, -0.25) is 9.59 Å². The lowest BCUT2D eigenvalue weighted by molar-refractivity contribution is -0.145. The minimum Gasteiger partial charge on any atom is -0.481 e. The second kappa shape index (κ2) is 5.28. The summed E-state index contributed by atoms with van der Waals surface area (Å²) in [6.45, 7) is 0. The number of carboxylic acids is 2. The molecule has 3 N–H and O–H groups in total. The van der Waals surface area contributed by atoms with Crippen molar-refractivity contribution in [2.75, 3.05) is 5.75 Å². The molecular formula is C6H8N2O6S. The zero-order valence-electron chi connectivity index (χ0n) is 7.37. The largest absolute Gasteiger partial charge is 0.481 e. The average Bonchev–Trinajstić information content (AvgIpc) is 2.00. The Morgan fingerprint density at radius 2 is 1.93 bits per heavy atom. The molecular weight excluding hydrogens is 228 g/mol. The van der Waals surface area contributed by atoms with Crippen LogP contribution in [0, 0.1) is 11.3 Å². The van der Waals surface area contributed by atoms with Crippen LogP contribution >= 0.6 is 0 Å². The third-order valence-corrected chi connectivity index (χ3v) is 2.41. The molecule has 0 amide bonds. The predicted octanol–water partition coefficient (Wildman–Crippen LogP) is -1.64. The van der Waals surface area contributed by atoms with Gasteiger partial charge in [0.1, 0.15) is 6.04 Å². The van der Waals surface area contributed by atoms with Gasteiger partial charge in [0.05, 0.1) is 12.5 Å². The summed E-state index contributed by atoms with van der Waals surface area (Å²) in [5, 5.41) is 24.9. The Morgan fingerprint density at radius 3 is 2.27 bits per heavy atom. The van der Waals surface area contributed by atoms with Gasteiger partial charge in [0.2, 0.25) is 10.0 Å². The van der Waals surface area contributed by atoms with Crippen molar-refractivity contribution in [1.29, 1.82) is 5.26 Å². The second-order valence-corrected chi connectivity index (χ2v) is 4.28. The van der Waals surface area contributed by atoms with Crippen LogP contribution < -0.4 is 4.72 Å². The summed E-state index contributed by atoms with van der Waals surface area (Å²) in [5.41, 5.74) is 0. The molecule has 0 fully saturated rings. The van der Waals surface area contributed by atoms with Crippen LogP contribution in [0.4, 0.5) is 0 Å². The summed E-state index contributed by atoms with van der Waals surface area (Å²) < 4.78 is 23.5. The van der Waals surface area contributed by atoms with Crippen molar-refractivity contribution in [3.8, 4) is 6.07 Å². The normalized spacial score (nSPS) is 12.7. The summed E-state index contributed by atoms with van der Waals surface area (Å²) in [7, 11) is -4.08. The molecule has 8 nitrogen and oxygen atoms in total. The fourth-order valence-corrected chi connectivity index (χ4v) is 1.57. The first kappa shape index (κ1) is 13.3. The van der Waals surface area contributed by atoms with Crippen molar-refractivity contribution >= 4 is 22.0 Å². The van der Waals surface area contributed by atoms with Gasteiger partial charge in [-0.1, -0.05) is 0 Å². The maximum Gasteiger partial charge on any atom is 0.322 e. The number of hydrogen-bond donors (Lipinski definition) is 3.